The smallest absolute Gasteiger partial charge is 0.356 e. The summed E-state index contributed by atoms with van der Waals surface area (Å²) in [6.07, 6.45) is -3.44. The Balaban J connectivity index is 2.29. The number of guanidine groups is 1. The van der Waals surface area contributed by atoms with Crippen LogP contribution in [0.25, 0.3) is 0 Å². The summed E-state index contributed by atoms with van der Waals surface area (Å²) in [5, 5.41) is 8.79. The number of halogens is 3. The molecule has 140 valence electrons. The van der Waals surface area contributed by atoms with Crippen LogP contribution < -0.4 is 16.0 Å². The van der Waals surface area contributed by atoms with Crippen molar-refractivity contribution in [2.24, 2.45) is 10.9 Å². The van der Waals surface area contributed by atoms with Crippen LogP contribution in [0, 0.1) is 5.92 Å². The van der Waals surface area contributed by atoms with Crippen LogP contribution in [0.3, 0.4) is 0 Å². The molecule has 0 aromatic heterocycles. The molecular formula is C15H28F3N5O. The molecule has 0 bridgehead atoms. The molecule has 0 aromatic carbocycles. The molecule has 1 saturated heterocycles. The molecule has 1 rings (SSSR count). The van der Waals surface area contributed by atoms with E-state index in [9.17, 15) is 18.0 Å². The highest BCUT2D eigenvalue weighted by Crippen LogP contribution is 2.22. The molecule has 0 radical (unpaired) electrons. The van der Waals surface area contributed by atoms with Gasteiger partial charge in [0, 0.05) is 25.7 Å². The number of aliphatic imine (C=N–C) groups is 1. The van der Waals surface area contributed by atoms with E-state index < -0.39 is 12.7 Å². The van der Waals surface area contributed by atoms with Crippen LogP contribution in [0.1, 0.15) is 27.2 Å². The third-order valence-electron chi connectivity index (χ3n) is 3.49. The lowest BCUT2D eigenvalue weighted by atomic mass is 10.1. The van der Waals surface area contributed by atoms with E-state index in [4.69, 9.17) is 0 Å². The molecule has 1 aliphatic heterocycles. The SMILES string of the molecule is CN=C(NCC(=O)NC(C)(C)C)NCC1CCN(CC(F)(F)F)C1. The molecule has 3 N–H and O–H groups in total. The van der Waals surface area contributed by atoms with Crippen LogP contribution in [-0.2, 0) is 4.79 Å². The predicted octanol–water partition coefficient (Wildman–Crippen LogP) is 0.950. The number of hydrogen-bond donors (Lipinski definition) is 3. The Kier molecular flexibility index (Phi) is 7.31. The van der Waals surface area contributed by atoms with Crippen molar-refractivity contribution in [2.75, 3.05) is 39.8 Å². The van der Waals surface area contributed by atoms with E-state index in [1.165, 1.54) is 4.90 Å². The summed E-state index contributed by atoms with van der Waals surface area (Å²) < 4.78 is 37.1. The Bertz CT molecular complexity index is 445. The molecular weight excluding hydrogens is 323 g/mol. The van der Waals surface area contributed by atoms with E-state index in [0.29, 0.717) is 32.0 Å². The van der Waals surface area contributed by atoms with Crippen LogP contribution in [-0.4, -0.2) is 68.3 Å². The summed E-state index contributed by atoms with van der Waals surface area (Å²) in [5.41, 5.74) is -0.304. The maximum Gasteiger partial charge on any atom is 0.401 e. The maximum absolute atomic E-state index is 12.4. The van der Waals surface area contributed by atoms with Gasteiger partial charge in [0.15, 0.2) is 5.96 Å². The predicted molar refractivity (Wildman–Crippen MR) is 87.9 cm³/mol. The first-order valence-corrected chi connectivity index (χ1v) is 8.03. The first-order valence-electron chi connectivity index (χ1n) is 8.03. The minimum absolute atomic E-state index is 0.0851. The lowest BCUT2D eigenvalue weighted by Crippen LogP contribution is -2.48. The van der Waals surface area contributed by atoms with Gasteiger partial charge < -0.3 is 16.0 Å². The van der Waals surface area contributed by atoms with Crippen molar-refractivity contribution >= 4 is 11.9 Å². The van der Waals surface area contributed by atoms with E-state index in [-0.39, 0.29) is 23.9 Å². The summed E-state index contributed by atoms with van der Waals surface area (Å²) in [4.78, 5) is 17.2. The van der Waals surface area contributed by atoms with Crippen LogP contribution >= 0.6 is 0 Å². The molecule has 0 saturated carbocycles. The van der Waals surface area contributed by atoms with Crippen molar-refractivity contribution in [3.05, 3.63) is 0 Å². The Morgan fingerprint density at radius 3 is 2.46 bits per heavy atom. The maximum atomic E-state index is 12.4. The Hall–Kier alpha value is -1.51. The number of carbonyl (C=O) groups is 1. The van der Waals surface area contributed by atoms with E-state index in [1.807, 2.05) is 20.8 Å². The largest absolute Gasteiger partial charge is 0.401 e. The molecule has 0 spiro atoms. The summed E-state index contributed by atoms with van der Waals surface area (Å²) in [6, 6.07) is 0. The third-order valence-corrected chi connectivity index (χ3v) is 3.49. The average Bonchev–Trinajstić information content (AvgIpc) is 2.82. The zero-order valence-electron chi connectivity index (χ0n) is 14.8. The fourth-order valence-electron chi connectivity index (χ4n) is 2.56. The number of alkyl halides is 3. The molecule has 9 heteroatoms. The van der Waals surface area contributed by atoms with Gasteiger partial charge in [-0.3, -0.25) is 14.7 Å². The molecule has 24 heavy (non-hydrogen) atoms. The van der Waals surface area contributed by atoms with Gasteiger partial charge in [0.2, 0.25) is 5.91 Å². The number of rotatable bonds is 5. The standard InChI is InChI=1S/C15H28F3N5O/c1-14(2,3)22-12(24)8-21-13(19-4)20-7-11-5-6-23(9-11)10-15(16,17)18/h11H,5-10H2,1-4H3,(H,22,24)(H2,19,20,21). The third kappa shape index (κ3) is 8.95. The summed E-state index contributed by atoms with van der Waals surface area (Å²) in [5.74, 6) is 0.449. The van der Waals surface area contributed by atoms with Gasteiger partial charge in [-0.15, -0.1) is 0 Å². The lowest BCUT2D eigenvalue weighted by Gasteiger charge is -2.21. The molecule has 0 aromatic rings. The first-order chi connectivity index (χ1) is 11.0. The molecule has 1 unspecified atom stereocenters. The Morgan fingerprint density at radius 2 is 1.92 bits per heavy atom. The number of likely N-dealkylation sites (tertiary alicyclic amines) is 1. The van der Waals surface area contributed by atoms with Crippen molar-refractivity contribution < 1.29 is 18.0 Å². The van der Waals surface area contributed by atoms with Crippen molar-refractivity contribution in [1.29, 1.82) is 0 Å². The molecule has 1 amide bonds. The second-order valence-corrected chi connectivity index (χ2v) is 7.11. The van der Waals surface area contributed by atoms with Gasteiger partial charge >= 0.3 is 6.18 Å². The van der Waals surface area contributed by atoms with Crippen molar-refractivity contribution in [3.63, 3.8) is 0 Å². The van der Waals surface area contributed by atoms with Gasteiger partial charge in [0.25, 0.3) is 0 Å². The van der Waals surface area contributed by atoms with Gasteiger partial charge in [-0.1, -0.05) is 0 Å². The van der Waals surface area contributed by atoms with Gasteiger partial charge in [-0.2, -0.15) is 13.2 Å². The van der Waals surface area contributed by atoms with E-state index in [1.54, 1.807) is 7.05 Å². The molecule has 1 atom stereocenters. The van der Waals surface area contributed by atoms with Crippen LogP contribution in [0.5, 0.6) is 0 Å². The van der Waals surface area contributed by atoms with Crippen molar-refractivity contribution in [3.8, 4) is 0 Å². The summed E-state index contributed by atoms with van der Waals surface area (Å²) in [6.45, 7) is 6.29. The number of hydrogen-bond acceptors (Lipinski definition) is 3. The highest BCUT2D eigenvalue weighted by atomic mass is 19.4. The zero-order valence-corrected chi connectivity index (χ0v) is 14.8. The second kappa shape index (κ2) is 8.55. The monoisotopic (exact) mass is 351 g/mol. The van der Waals surface area contributed by atoms with Gasteiger partial charge in [0.05, 0.1) is 13.1 Å². The topological polar surface area (TPSA) is 68.8 Å². The van der Waals surface area contributed by atoms with E-state index in [2.05, 4.69) is 20.9 Å². The van der Waals surface area contributed by atoms with Gasteiger partial charge in [0.1, 0.15) is 0 Å². The van der Waals surface area contributed by atoms with Gasteiger partial charge in [-0.25, -0.2) is 0 Å². The zero-order chi connectivity index (χ0) is 18.4. The number of nitrogens with zero attached hydrogens (tertiary/aromatic N) is 2. The average molecular weight is 351 g/mol. The fraction of sp³-hybridized carbons (Fsp3) is 0.867. The number of nitrogens with one attached hydrogen (secondary N) is 3. The fourth-order valence-corrected chi connectivity index (χ4v) is 2.56. The van der Waals surface area contributed by atoms with E-state index in [0.717, 1.165) is 0 Å². The molecule has 1 aliphatic rings. The quantitative estimate of drug-likeness (QED) is 0.510. The van der Waals surface area contributed by atoms with E-state index >= 15 is 0 Å². The normalized spacial score (nSPS) is 20.1. The first kappa shape index (κ1) is 20.5. The van der Waals surface area contributed by atoms with Crippen LogP contribution in [0.2, 0.25) is 0 Å². The molecule has 1 fully saturated rings. The van der Waals surface area contributed by atoms with Crippen LogP contribution in [0.15, 0.2) is 4.99 Å². The Morgan fingerprint density at radius 1 is 1.25 bits per heavy atom. The minimum atomic E-state index is -4.15. The minimum Gasteiger partial charge on any atom is -0.356 e. The molecule has 0 aliphatic carbocycles. The Labute approximate surface area is 141 Å². The highest BCUT2D eigenvalue weighted by molar-refractivity contribution is 5.86. The molecule has 6 nitrogen and oxygen atoms in total. The van der Waals surface area contributed by atoms with Gasteiger partial charge in [-0.05, 0) is 39.7 Å². The van der Waals surface area contributed by atoms with Crippen molar-refractivity contribution in [1.82, 2.24) is 20.9 Å². The highest BCUT2D eigenvalue weighted by Gasteiger charge is 2.34. The molecule has 1 heterocycles. The van der Waals surface area contributed by atoms with Crippen LogP contribution in [0.4, 0.5) is 13.2 Å². The lowest BCUT2D eigenvalue weighted by molar-refractivity contribution is -0.143. The number of amides is 1. The summed E-state index contributed by atoms with van der Waals surface area (Å²) in [7, 11) is 1.58. The second-order valence-electron chi connectivity index (χ2n) is 7.11. The van der Waals surface area contributed by atoms with Crippen molar-refractivity contribution in [2.45, 2.75) is 38.9 Å². The summed E-state index contributed by atoms with van der Waals surface area (Å²) >= 11 is 0. The number of carbonyl (C=O) groups excluding carboxylic acids is 1.